The molecule has 3 heterocycles. The van der Waals surface area contributed by atoms with Crippen LogP contribution in [-0.2, 0) is 33.2 Å². The fraction of sp³-hybridized carbons (Fsp3) is 0.915. The van der Waals surface area contributed by atoms with Crippen molar-refractivity contribution in [3.05, 3.63) is 24.3 Å². The number of unbranched alkanes of at least 4 members (excludes halogenated alkanes) is 27. The van der Waals surface area contributed by atoms with Gasteiger partial charge in [-0.2, -0.15) is 0 Å². The molecule has 458 valence electrons. The molecule has 3 saturated heterocycles. The molecule has 12 N–H and O–H groups in total. The summed E-state index contributed by atoms with van der Waals surface area (Å²) in [7, 11) is 0. The second kappa shape index (κ2) is 43.0. The number of aliphatic hydroxyl groups excluding tert-OH is 11. The van der Waals surface area contributed by atoms with Crippen molar-refractivity contribution in [2.24, 2.45) is 0 Å². The van der Waals surface area contributed by atoms with Gasteiger partial charge in [0.25, 0.3) is 0 Å². The van der Waals surface area contributed by atoms with Crippen LogP contribution in [0.25, 0.3) is 0 Å². The zero-order valence-corrected chi connectivity index (χ0v) is 47.7. The quantitative estimate of drug-likeness (QED) is 0.0263. The van der Waals surface area contributed by atoms with Gasteiger partial charge in [0, 0.05) is 6.42 Å². The average Bonchev–Trinajstić information content (AvgIpc) is 3.47. The fourth-order valence-corrected chi connectivity index (χ4v) is 10.4. The highest BCUT2D eigenvalue weighted by Crippen LogP contribution is 2.33. The summed E-state index contributed by atoms with van der Waals surface area (Å²) in [5.41, 5.74) is 0. The SMILES string of the molecule is CCCCCCCCCCCCCCCCCCCCCC/C=C/CC/C=C/C(O)C(COC1OC(CO)C(OC2OC(CO)C(OC3OC(CO)C(O)C(O)C3O)C(O)C2O)C(O)C1O)NC(=O)CCCCCCCCC. The number of nitrogens with one attached hydrogen (secondary N) is 1. The van der Waals surface area contributed by atoms with E-state index in [1.807, 2.05) is 6.08 Å². The molecule has 3 aliphatic heterocycles. The molecule has 0 spiro atoms. The Hall–Kier alpha value is -1.73. The Kier molecular flexibility index (Phi) is 38.9. The maximum absolute atomic E-state index is 13.2. The van der Waals surface area contributed by atoms with E-state index in [0.717, 1.165) is 51.4 Å². The van der Waals surface area contributed by atoms with Crippen molar-refractivity contribution in [1.29, 1.82) is 0 Å². The van der Waals surface area contributed by atoms with Crippen LogP contribution in [0.4, 0.5) is 0 Å². The van der Waals surface area contributed by atoms with Gasteiger partial charge in [0.15, 0.2) is 18.9 Å². The maximum Gasteiger partial charge on any atom is 0.220 e. The van der Waals surface area contributed by atoms with Crippen LogP contribution < -0.4 is 5.32 Å². The standard InChI is InChI=1S/C59H109NO18/c1-3-5-7-9-11-12-13-14-15-16-17-18-19-20-21-22-23-24-25-26-27-28-29-31-32-34-36-43(64)42(60-47(65)37-35-33-30-10-8-6-4-2)41-73-57-53(71)50(68)55(45(39-62)75-57)78-59-54(72)51(69)56(46(40-63)76-59)77-58-52(70)49(67)48(66)44(38-61)74-58/h28-29,34,36,42-46,48-59,61-64,66-72H,3-27,30-33,35,37-41H2,1-2H3,(H,60,65)/b29-28+,36-34+. The number of hydrogen-bond donors (Lipinski definition) is 12. The lowest BCUT2D eigenvalue weighted by Gasteiger charge is -2.48. The van der Waals surface area contributed by atoms with Crippen LogP contribution in [0.2, 0.25) is 0 Å². The van der Waals surface area contributed by atoms with E-state index >= 15 is 0 Å². The van der Waals surface area contributed by atoms with Gasteiger partial charge < -0.3 is 89.9 Å². The molecule has 0 aromatic heterocycles. The number of allylic oxidation sites excluding steroid dienone is 3. The highest BCUT2D eigenvalue weighted by atomic mass is 16.8. The van der Waals surface area contributed by atoms with E-state index in [2.05, 4.69) is 31.3 Å². The largest absolute Gasteiger partial charge is 0.394 e. The predicted octanol–water partition coefficient (Wildman–Crippen LogP) is 5.54. The Morgan fingerprint density at radius 3 is 1.28 bits per heavy atom. The zero-order valence-electron chi connectivity index (χ0n) is 47.7. The van der Waals surface area contributed by atoms with Gasteiger partial charge >= 0.3 is 0 Å². The summed E-state index contributed by atoms with van der Waals surface area (Å²) in [6, 6.07) is -0.983. The number of carbonyl (C=O) groups excluding carboxylic acids is 1. The molecular formula is C59H109NO18. The second-order valence-electron chi connectivity index (χ2n) is 22.2. The molecule has 0 aromatic carbocycles. The fourth-order valence-electron chi connectivity index (χ4n) is 10.4. The molecule has 0 aliphatic carbocycles. The lowest BCUT2D eigenvalue weighted by Crippen LogP contribution is -2.66. The van der Waals surface area contributed by atoms with Crippen LogP contribution in [-0.4, -0.2) is 193 Å². The Bertz CT molecular complexity index is 1530. The topological polar surface area (TPSA) is 307 Å². The number of rotatable bonds is 45. The maximum atomic E-state index is 13.2. The first-order valence-corrected chi connectivity index (χ1v) is 30.6. The molecule has 3 fully saturated rings. The van der Waals surface area contributed by atoms with Gasteiger partial charge in [0.1, 0.15) is 73.2 Å². The molecule has 19 nitrogen and oxygen atoms in total. The van der Waals surface area contributed by atoms with Gasteiger partial charge in [0.05, 0.1) is 38.6 Å². The smallest absolute Gasteiger partial charge is 0.220 e. The molecule has 1 amide bonds. The summed E-state index contributed by atoms with van der Waals surface area (Å²) in [6.07, 6.45) is 17.9. The molecule has 19 heteroatoms. The van der Waals surface area contributed by atoms with E-state index in [1.54, 1.807) is 6.08 Å². The van der Waals surface area contributed by atoms with E-state index in [0.29, 0.717) is 12.8 Å². The van der Waals surface area contributed by atoms with Crippen LogP contribution in [0.15, 0.2) is 24.3 Å². The predicted molar refractivity (Wildman–Crippen MR) is 296 cm³/mol. The summed E-state index contributed by atoms with van der Waals surface area (Å²) >= 11 is 0. The van der Waals surface area contributed by atoms with Gasteiger partial charge in [-0.3, -0.25) is 4.79 Å². The summed E-state index contributed by atoms with van der Waals surface area (Å²) in [6.45, 7) is 1.65. The van der Waals surface area contributed by atoms with E-state index in [-0.39, 0.29) is 18.9 Å². The molecular weight excluding hydrogens is 1010 g/mol. The third-order valence-corrected chi connectivity index (χ3v) is 15.5. The normalized spacial score (nSPS) is 30.6. The summed E-state index contributed by atoms with van der Waals surface area (Å²) in [5.74, 6) is -0.292. The summed E-state index contributed by atoms with van der Waals surface area (Å²) in [5, 5.41) is 120. The van der Waals surface area contributed by atoms with Gasteiger partial charge in [-0.25, -0.2) is 0 Å². The van der Waals surface area contributed by atoms with Gasteiger partial charge in [-0.1, -0.05) is 199 Å². The zero-order chi connectivity index (χ0) is 56.9. The third-order valence-electron chi connectivity index (χ3n) is 15.5. The summed E-state index contributed by atoms with van der Waals surface area (Å²) < 4.78 is 34.1. The highest BCUT2D eigenvalue weighted by molar-refractivity contribution is 5.76. The molecule has 0 bridgehead atoms. The Morgan fingerprint density at radius 1 is 0.449 bits per heavy atom. The van der Waals surface area contributed by atoms with Gasteiger partial charge in [0.2, 0.25) is 5.91 Å². The van der Waals surface area contributed by atoms with Crippen LogP contribution in [0.3, 0.4) is 0 Å². The van der Waals surface area contributed by atoms with Crippen molar-refractivity contribution < 1.29 is 89.4 Å². The van der Waals surface area contributed by atoms with Crippen molar-refractivity contribution in [3.8, 4) is 0 Å². The first-order valence-electron chi connectivity index (χ1n) is 30.6. The molecule has 0 aromatic rings. The number of carbonyl (C=O) groups is 1. The minimum absolute atomic E-state index is 0.236. The minimum Gasteiger partial charge on any atom is -0.394 e. The second-order valence-corrected chi connectivity index (χ2v) is 22.2. The Morgan fingerprint density at radius 2 is 0.821 bits per heavy atom. The van der Waals surface area contributed by atoms with Crippen molar-refractivity contribution >= 4 is 5.91 Å². The number of amides is 1. The van der Waals surface area contributed by atoms with Gasteiger partial charge in [-0.05, 0) is 32.1 Å². The molecule has 0 radical (unpaired) electrons. The molecule has 17 atom stereocenters. The lowest BCUT2D eigenvalue weighted by molar-refractivity contribution is -0.379. The number of ether oxygens (including phenoxy) is 6. The Balaban J connectivity index is 1.42. The van der Waals surface area contributed by atoms with Crippen molar-refractivity contribution in [2.45, 2.75) is 317 Å². The van der Waals surface area contributed by atoms with Crippen LogP contribution >= 0.6 is 0 Å². The van der Waals surface area contributed by atoms with Gasteiger partial charge in [-0.15, -0.1) is 0 Å². The van der Waals surface area contributed by atoms with E-state index < -0.39 is 124 Å². The van der Waals surface area contributed by atoms with Crippen LogP contribution in [0, 0.1) is 0 Å². The van der Waals surface area contributed by atoms with E-state index in [4.69, 9.17) is 28.4 Å². The van der Waals surface area contributed by atoms with E-state index in [9.17, 15) is 61.0 Å². The molecule has 78 heavy (non-hydrogen) atoms. The lowest BCUT2D eigenvalue weighted by atomic mass is 9.96. The molecule has 3 aliphatic rings. The van der Waals surface area contributed by atoms with Crippen LogP contribution in [0.5, 0.6) is 0 Å². The van der Waals surface area contributed by atoms with Crippen molar-refractivity contribution in [1.82, 2.24) is 5.32 Å². The number of aliphatic hydroxyl groups is 11. The van der Waals surface area contributed by atoms with Crippen LogP contribution in [0.1, 0.15) is 213 Å². The monoisotopic (exact) mass is 1120 g/mol. The molecule has 3 rings (SSSR count). The first-order chi connectivity index (χ1) is 37.8. The average molecular weight is 1120 g/mol. The number of hydrogen-bond acceptors (Lipinski definition) is 18. The minimum atomic E-state index is -1.98. The van der Waals surface area contributed by atoms with Crippen molar-refractivity contribution in [3.63, 3.8) is 0 Å². The van der Waals surface area contributed by atoms with Crippen molar-refractivity contribution in [2.75, 3.05) is 26.4 Å². The first kappa shape index (κ1) is 70.5. The summed E-state index contributed by atoms with van der Waals surface area (Å²) in [4.78, 5) is 13.2. The Labute approximate surface area is 467 Å². The molecule has 17 unspecified atom stereocenters. The molecule has 0 saturated carbocycles. The van der Waals surface area contributed by atoms with E-state index in [1.165, 1.54) is 128 Å². The highest BCUT2D eigenvalue weighted by Gasteiger charge is 2.53. The third kappa shape index (κ3) is 26.7.